The second kappa shape index (κ2) is 8.74. The van der Waals surface area contributed by atoms with Crippen LogP contribution in [0.1, 0.15) is 31.2 Å². The van der Waals surface area contributed by atoms with Gasteiger partial charge in [-0.2, -0.15) is 4.98 Å². The zero-order valence-electron chi connectivity index (χ0n) is 16.1. The van der Waals surface area contributed by atoms with Crippen LogP contribution < -0.4 is 14.4 Å². The minimum atomic E-state index is 0.222. The molecule has 1 aromatic carbocycles. The maximum atomic E-state index is 6.20. The normalized spacial score (nSPS) is 14.0. The first kappa shape index (κ1) is 18.3. The summed E-state index contributed by atoms with van der Waals surface area (Å²) in [6.07, 6.45) is 8.47. The lowest BCUT2D eigenvalue weighted by atomic mass is 10.2. The molecule has 0 atom stereocenters. The molecule has 0 spiro atoms. The van der Waals surface area contributed by atoms with Crippen LogP contribution in [0, 0.1) is 0 Å². The van der Waals surface area contributed by atoms with Crippen molar-refractivity contribution in [3.8, 4) is 11.6 Å². The van der Waals surface area contributed by atoms with Crippen molar-refractivity contribution in [2.45, 2.75) is 38.3 Å². The summed E-state index contributed by atoms with van der Waals surface area (Å²) in [6, 6.07) is 18.2. The Hall–Kier alpha value is -3.08. The van der Waals surface area contributed by atoms with Gasteiger partial charge in [0.05, 0.1) is 13.7 Å². The van der Waals surface area contributed by atoms with Gasteiger partial charge in [0.2, 0.25) is 0 Å². The lowest BCUT2D eigenvalue weighted by molar-refractivity contribution is 0.192. The minimum absolute atomic E-state index is 0.222. The predicted octanol–water partition coefficient (Wildman–Crippen LogP) is 5.14. The Kier molecular flexibility index (Phi) is 5.71. The molecule has 28 heavy (non-hydrogen) atoms. The van der Waals surface area contributed by atoms with E-state index in [0.717, 1.165) is 29.9 Å². The summed E-state index contributed by atoms with van der Waals surface area (Å²) >= 11 is 0. The van der Waals surface area contributed by atoms with Gasteiger partial charge in [-0.25, -0.2) is 0 Å². The van der Waals surface area contributed by atoms with E-state index >= 15 is 0 Å². The molecule has 2 aromatic heterocycles. The fourth-order valence-corrected chi connectivity index (χ4v) is 3.56. The number of ether oxygens (including phenoxy) is 2. The van der Waals surface area contributed by atoms with E-state index in [0.29, 0.717) is 18.2 Å². The first-order valence-electron chi connectivity index (χ1n) is 9.76. The number of nitrogens with zero attached hydrogens (tertiary/aromatic N) is 3. The molecule has 1 aliphatic rings. The van der Waals surface area contributed by atoms with Gasteiger partial charge in [-0.3, -0.25) is 4.98 Å². The van der Waals surface area contributed by atoms with Crippen molar-refractivity contribution < 1.29 is 9.47 Å². The van der Waals surface area contributed by atoms with Crippen LogP contribution in [0.5, 0.6) is 11.6 Å². The van der Waals surface area contributed by atoms with Gasteiger partial charge >= 0.3 is 0 Å². The van der Waals surface area contributed by atoms with Crippen LogP contribution in [0.4, 0.5) is 11.5 Å². The van der Waals surface area contributed by atoms with Crippen molar-refractivity contribution in [2.75, 3.05) is 12.0 Å². The van der Waals surface area contributed by atoms with E-state index in [-0.39, 0.29) is 6.10 Å². The number of hydrogen-bond acceptors (Lipinski definition) is 5. The minimum Gasteiger partial charge on any atom is -0.491 e. The third kappa shape index (κ3) is 4.25. The summed E-state index contributed by atoms with van der Waals surface area (Å²) in [4.78, 5) is 11.2. The molecule has 0 bridgehead atoms. The Morgan fingerprint density at radius 3 is 2.54 bits per heavy atom. The topological polar surface area (TPSA) is 47.5 Å². The van der Waals surface area contributed by atoms with E-state index in [9.17, 15) is 0 Å². The largest absolute Gasteiger partial charge is 0.491 e. The highest BCUT2D eigenvalue weighted by molar-refractivity contribution is 5.61. The van der Waals surface area contributed by atoms with Gasteiger partial charge in [-0.15, -0.1) is 0 Å². The van der Waals surface area contributed by atoms with Crippen LogP contribution in [0.3, 0.4) is 0 Å². The van der Waals surface area contributed by atoms with Crippen molar-refractivity contribution in [3.63, 3.8) is 0 Å². The predicted molar refractivity (Wildman–Crippen MR) is 110 cm³/mol. The van der Waals surface area contributed by atoms with E-state index in [2.05, 4.69) is 28.1 Å². The van der Waals surface area contributed by atoms with Crippen LogP contribution in [0.25, 0.3) is 0 Å². The van der Waals surface area contributed by atoms with Crippen molar-refractivity contribution in [3.05, 3.63) is 72.6 Å². The zero-order valence-corrected chi connectivity index (χ0v) is 16.1. The third-order valence-electron chi connectivity index (χ3n) is 5.02. The lowest BCUT2D eigenvalue weighted by Crippen LogP contribution is -2.19. The van der Waals surface area contributed by atoms with Gasteiger partial charge in [0.25, 0.3) is 5.88 Å². The van der Waals surface area contributed by atoms with Gasteiger partial charge < -0.3 is 14.4 Å². The van der Waals surface area contributed by atoms with Crippen molar-refractivity contribution in [2.24, 2.45) is 0 Å². The number of anilines is 2. The molecule has 0 saturated heterocycles. The Labute approximate surface area is 166 Å². The molecule has 2 heterocycles. The highest BCUT2D eigenvalue weighted by Crippen LogP contribution is 2.34. The van der Waals surface area contributed by atoms with E-state index in [1.807, 2.05) is 42.6 Å². The number of pyridine rings is 2. The number of aromatic nitrogens is 2. The molecule has 5 heteroatoms. The molecule has 0 unspecified atom stereocenters. The van der Waals surface area contributed by atoms with Crippen LogP contribution in [-0.2, 0) is 6.54 Å². The highest BCUT2D eigenvalue weighted by Gasteiger charge is 2.21. The summed E-state index contributed by atoms with van der Waals surface area (Å²) in [5.41, 5.74) is 2.18. The molecule has 3 aromatic rings. The molecule has 1 saturated carbocycles. The van der Waals surface area contributed by atoms with Gasteiger partial charge in [-0.1, -0.05) is 24.3 Å². The van der Waals surface area contributed by atoms with Gasteiger partial charge in [0.15, 0.2) is 5.75 Å². The van der Waals surface area contributed by atoms with Gasteiger partial charge in [0, 0.05) is 18.1 Å². The van der Waals surface area contributed by atoms with Crippen LogP contribution in [0.15, 0.2) is 67.0 Å². The van der Waals surface area contributed by atoms with Crippen molar-refractivity contribution in [1.82, 2.24) is 9.97 Å². The van der Waals surface area contributed by atoms with Gasteiger partial charge in [0.1, 0.15) is 11.9 Å². The summed E-state index contributed by atoms with van der Waals surface area (Å²) in [7, 11) is 1.66. The standard InChI is InChI=1S/C23H25N3O2/c1-27-21-13-14-22(25-23(21)28-20-11-5-6-12-20)26(19-9-3-2-4-10-19)17-18-8-7-15-24-16-18/h2-4,7-10,13-16,20H,5-6,11-12,17H2,1H3. The second-order valence-electron chi connectivity index (χ2n) is 6.98. The average Bonchev–Trinajstić information content (AvgIpc) is 3.26. The van der Waals surface area contributed by atoms with Crippen LogP contribution in [0.2, 0.25) is 0 Å². The molecule has 0 N–H and O–H groups in total. The molecule has 5 nitrogen and oxygen atoms in total. The quantitative estimate of drug-likeness (QED) is 0.572. The lowest BCUT2D eigenvalue weighted by Gasteiger charge is -2.25. The van der Waals surface area contributed by atoms with E-state index in [4.69, 9.17) is 14.5 Å². The molecule has 0 amide bonds. The number of rotatable bonds is 7. The molecular formula is C23H25N3O2. The average molecular weight is 375 g/mol. The molecule has 0 aliphatic heterocycles. The first-order valence-corrected chi connectivity index (χ1v) is 9.76. The second-order valence-corrected chi connectivity index (χ2v) is 6.98. The summed E-state index contributed by atoms with van der Waals surface area (Å²) in [5, 5.41) is 0. The molecule has 1 fully saturated rings. The first-order chi connectivity index (χ1) is 13.8. The summed E-state index contributed by atoms with van der Waals surface area (Å²) < 4.78 is 11.7. The maximum Gasteiger partial charge on any atom is 0.259 e. The van der Waals surface area contributed by atoms with Crippen LogP contribution >= 0.6 is 0 Å². The molecule has 4 rings (SSSR count). The summed E-state index contributed by atoms with van der Waals surface area (Å²) in [5.74, 6) is 2.06. The third-order valence-corrected chi connectivity index (χ3v) is 5.02. The Bertz CT molecular complexity index is 881. The van der Waals surface area contributed by atoms with Crippen molar-refractivity contribution >= 4 is 11.5 Å². The highest BCUT2D eigenvalue weighted by atomic mass is 16.5. The van der Waals surface area contributed by atoms with E-state index in [1.165, 1.54) is 12.8 Å². The van der Waals surface area contributed by atoms with Crippen LogP contribution in [-0.4, -0.2) is 23.2 Å². The Balaban J connectivity index is 1.68. The Morgan fingerprint density at radius 2 is 1.82 bits per heavy atom. The fraction of sp³-hybridized carbons (Fsp3) is 0.304. The smallest absolute Gasteiger partial charge is 0.259 e. The SMILES string of the molecule is COc1ccc(N(Cc2cccnc2)c2ccccc2)nc1OC1CCCC1. The molecule has 144 valence electrons. The fourth-order valence-electron chi connectivity index (χ4n) is 3.56. The van der Waals surface area contributed by atoms with Crippen molar-refractivity contribution in [1.29, 1.82) is 0 Å². The Morgan fingerprint density at radius 1 is 1.00 bits per heavy atom. The van der Waals surface area contributed by atoms with E-state index < -0.39 is 0 Å². The van der Waals surface area contributed by atoms with Gasteiger partial charge in [-0.05, 0) is 61.6 Å². The monoisotopic (exact) mass is 375 g/mol. The van der Waals surface area contributed by atoms with E-state index in [1.54, 1.807) is 13.3 Å². The number of methoxy groups -OCH3 is 1. The number of benzene rings is 1. The molecule has 1 aliphatic carbocycles. The number of hydrogen-bond donors (Lipinski definition) is 0. The maximum absolute atomic E-state index is 6.20. The molecular weight excluding hydrogens is 350 g/mol. The zero-order chi connectivity index (χ0) is 19.2. The molecule has 0 radical (unpaired) electrons. The number of para-hydroxylation sites is 1. The summed E-state index contributed by atoms with van der Waals surface area (Å²) in [6.45, 7) is 0.667.